The number of hydrogen-bond acceptors (Lipinski definition) is 2. The molecule has 1 saturated heterocycles. The molecule has 2 rings (SSSR count). The normalized spacial score (nSPS) is 19.1. The van der Waals surface area contributed by atoms with Crippen LogP contribution in [0, 0.1) is 13.8 Å². The maximum atomic E-state index is 6.34. The zero-order chi connectivity index (χ0) is 13.7. The zero-order valence-electron chi connectivity index (χ0n) is 12.5. The molecule has 1 aromatic rings. The van der Waals surface area contributed by atoms with Gasteiger partial charge in [0.15, 0.2) is 0 Å². The molecule has 1 aliphatic rings. The highest BCUT2D eigenvalue weighted by molar-refractivity contribution is 5.31. The predicted octanol–water partition coefficient (Wildman–Crippen LogP) is 3.57. The first kappa shape index (κ1) is 14.5. The summed E-state index contributed by atoms with van der Waals surface area (Å²) in [5.41, 5.74) is 10.3. The van der Waals surface area contributed by atoms with Crippen LogP contribution in [-0.2, 0) is 0 Å². The second-order valence-electron chi connectivity index (χ2n) is 5.99. The molecule has 2 nitrogen and oxygen atoms in total. The predicted molar refractivity (Wildman–Crippen MR) is 82.4 cm³/mol. The summed E-state index contributed by atoms with van der Waals surface area (Å²) in [4.78, 5) is 2.59. The van der Waals surface area contributed by atoms with Gasteiger partial charge in [0.05, 0.1) is 0 Å². The Morgan fingerprint density at radius 2 is 1.74 bits per heavy atom. The zero-order valence-corrected chi connectivity index (χ0v) is 12.5. The average molecular weight is 260 g/mol. The molecule has 2 N–H and O–H groups in total. The summed E-state index contributed by atoms with van der Waals surface area (Å²) in [6.07, 6.45) is 6.60. The highest BCUT2D eigenvalue weighted by atomic mass is 15.1. The van der Waals surface area contributed by atoms with E-state index in [1.165, 1.54) is 55.5 Å². The van der Waals surface area contributed by atoms with Gasteiger partial charge in [-0.3, -0.25) is 0 Å². The van der Waals surface area contributed by atoms with Crippen LogP contribution in [0.4, 0.5) is 0 Å². The van der Waals surface area contributed by atoms with Gasteiger partial charge in [0.2, 0.25) is 0 Å². The Labute approximate surface area is 118 Å². The second kappa shape index (κ2) is 7.06. The van der Waals surface area contributed by atoms with Gasteiger partial charge in [-0.25, -0.2) is 0 Å². The van der Waals surface area contributed by atoms with Crippen molar-refractivity contribution in [1.29, 1.82) is 0 Å². The smallest absolute Gasteiger partial charge is 0.0307 e. The van der Waals surface area contributed by atoms with Crippen molar-refractivity contribution in [2.75, 3.05) is 19.6 Å². The van der Waals surface area contributed by atoms with Gasteiger partial charge >= 0.3 is 0 Å². The molecule has 1 aromatic carbocycles. The van der Waals surface area contributed by atoms with E-state index in [1.54, 1.807) is 0 Å². The number of hydrogen-bond donors (Lipinski definition) is 1. The van der Waals surface area contributed by atoms with Crippen molar-refractivity contribution in [2.24, 2.45) is 5.73 Å². The molecule has 1 heterocycles. The summed E-state index contributed by atoms with van der Waals surface area (Å²) in [6, 6.07) is 6.82. The Balaban J connectivity index is 1.85. The Hall–Kier alpha value is -0.860. The van der Waals surface area contributed by atoms with Crippen LogP contribution in [0.5, 0.6) is 0 Å². The van der Waals surface area contributed by atoms with Crippen molar-refractivity contribution in [3.63, 3.8) is 0 Å². The molecule has 1 atom stereocenters. The number of rotatable bonds is 4. The van der Waals surface area contributed by atoms with E-state index >= 15 is 0 Å². The van der Waals surface area contributed by atoms with E-state index in [0.29, 0.717) is 0 Å². The first-order valence-corrected chi connectivity index (χ1v) is 7.72. The fourth-order valence-corrected chi connectivity index (χ4v) is 2.84. The van der Waals surface area contributed by atoms with Gasteiger partial charge in [0.25, 0.3) is 0 Å². The third-order valence-electron chi connectivity index (χ3n) is 4.41. The van der Waals surface area contributed by atoms with Crippen molar-refractivity contribution in [2.45, 2.75) is 52.0 Å². The van der Waals surface area contributed by atoms with E-state index in [0.717, 1.165) is 13.0 Å². The van der Waals surface area contributed by atoms with E-state index in [1.807, 2.05) is 0 Å². The van der Waals surface area contributed by atoms with Gasteiger partial charge in [-0.15, -0.1) is 0 Å². The summed E-state index contributed by atoms with van der Waals surface area (Å²) >= 11 is 0. The standard InChI is InChI=1S/C17H28N2/c1-14-7-8-16(13-15(14)2)17(18)9-12-19-10-5-3-4-6-11-19/h7-8,13,17H,3-6,9-12,18H2,1-2H3. The van der Waals surface area contributed by atoms with E-state index in [-0.39, 0.29) is 6.04 Å². The van der Waals surface area contributed by atoms with Crippen molar-refractivity contribution < 1.29 is 0 Å². The minimum atomic E-state index is 0.183. The molecule has 0 bridgehead atoms. The lowest BCUT2D eigenvalue weighted by Gasteiger charge is -2.22. The molecule has 0 saturated carbocycles. The lowest BCUT2D eigenvalue weighted by atomic mass is 9.99. The number of benzene rings is 1. The van der Waals surface area contributed by atoms with E-state index in [4.69, 9.17) is 5.73 Å². The summed E-state index contributed by atoms with van der Waals surface area (Å²) in [6.45, 7) is 8.00. The monoisotopic (exact) mass is 260 g/mol. The molecule has 19 heavy (non-hydrogen) atoms. The number of nitrogens with zero attached hydrogens (tertiary/aromatic N) is 1. The third-order valence-corrected chi connectivity index (χ3v) is 4.41. The maximum absolute atomic E-state index is 6.34. The molecule has 0 aromatic heterocycles. The lowest BCUT2D eigenvalue weighted by molar-refractivity contribution is 0.273. The van der Waals surface area contributed by atoms with Crippen LogP contribution in [-0.4, -0.2) is 24.5 Å². The molecular weight excluding hydrogens is 232 g/mol. The molecule has 0 spiro atoms. The van der Waals surface area contributed by atoms with Crippen LogP contribution in [0.15, 0.2) is 18.2 Å². The molecule has 0 radical (unpaired) electrons. The van der Waals surface area contributed by atoms with Gasteiger partial charge < -0.3 is 10.6 Å². The van der Waals surface area contributed by atoms with Crippen LogP contribution in [0.3, 0.4) is 0 Å². The SMILES string of the molecule is Cc1ccc(C(N)CCN2CCCCCC2)cc1C. The van der Waals surface area contributed by atoms with Crippen LogP contribution in [0.1, 0.15) is 54.8 Å². The van der Waals surface area contributed by atoms with E-state index in [9.17, 15) is 0 Å². The topological polar surface area (TPSA) is 29.3 Å². The van der Waals surface area contributed by atoms with Crippen LogP contribution >= 0.6 is 0 Å². The van der Waals surface area contributed by atoms with Gasteiger partial charge in [-0.05, 0) is 69.4 Å². The Kier molecular flexibility index (Phi) is 5.41. The third kappa shape index (κ3) is 4.32. The minimum absolute atomic E-state index is 0.183. The number of likely N-dealkylation sites (tertiary alicyclic amines) is 1. The van der Waals surface area contributed by atoms with Gasteiger partial charge in [0.1, 0.15) is 0 Å². The fraction of sp³-hybridized carbons (Fsp3) is 0.647. The maximum Gasteiger partial charge on any atom is 0.0307 e. The first-order chi connectivity index (χ1) is 9.16. The lowest BCUT2D eigenvalue weighted by Crippen LogP contribution is -2.28. The fourth-order valence-electron chi connectivity index (χ4n) is 2.84. The largest absolute Gasteiger partial charge is 0.324 e. The molecular formula is C17H28N2. The Morgan fingerprint density at radius 3 is 2.37 bits per heavy atom. The Morgan fingerprint density at radius 1 is 1.05 bits per heavy atom. The Bertz CT molecular complexity index is 392. The number of nitrogens with two attached hydrogens (primary N) is 1. The summed E-state index contributed by atoms with van der Waals surface area (Å²) in [5.74, 6) is 0. The van der Waals surface area contributed by atoms with Crippen molar-refractivity contribution in [1.82, 2.24) is 4.90 Å². The molecule has 1 unspecified atom stereocenters. The summed E-state index contributed by atoms with van der Waals surface area (Å²) in [7, 11) is 0. The summed E-state index contributed by atoms with van der Waals surface area (Å²) in [5, 5.41) is 0. The molecule has 0 amide bonds. The van der Waals surface area contributed by atoms with Crippen molar-refractivity contribution >= 4 is 0 Å². The van der Waals surface area contributed by atoms with Crippen LogP contribution in [0.2, 0.25) is 0 Å². The quantitative estimate of drug-likeness (QED) is 0.896. The molecule has 1 aliphatic heterocycles. The van der Waals surface area contributed by atoms with Gasteiger partial charge in [-0.2, -0.15) is 0 Å². The summed E-state index contributed by atoms with van der Waals surface area (Å²) < 4.78 is 0. The molecule has 106 valence electrons. The molecule has 0 aliphatic carbocycles. The first-order valence-electron chi connectivity index (χ1n) is 7.72. The van der Waals surface area contributed by atoms with Gasteiger partial charge in [-0.1, -0.05) is 31.0 Å². The van der Waals surface area contributed by atoms with Crippen LogP contribution in [0.25, 0.3) is 0 Å². The highest BCUT2D eigenvalue weighted by Crippen LogP contribution is 2.19. The van der Waals surface area contributed by atoms with Crippen LogP contribution < -0.4 is 5.73 Å². The molecule has 2 heteroatoms. The van der Waals surface area contributed by atoms with E-state index in [2.05, 4.69) is 36.9 Å². The average Bonchev–Trinajstić information content (AvgIpc) is 2.67. The number of aryl methyl sites for hydroxylation is 2. The van der Waals surface area contributed by atoms with Crippen molar-refractivity contribution in [3.05, 3.63) is 34.9 Å². The minimum Gasteiger partial charge on any atom is -0.324 e. The van der Waals surface area contributed by atoms with E-state index < -0.39 is 0 Å². The molecule has 1 fully saturated rings. The van der Waals surface area contributed by atoms with Crippen molar-refractivity contribution in [3.8, 4) is 0 Å². The van der Waals surface area contributed by atoms with Gasteiger partial charge in [0, 0.05) is 6.04 Å². The highest BCUT2D eigenvalue weighted by Gasteiger charge is 2.12. The second-order valence-corrected chi connectivity index (χ2v) is 5.99.